The molecule has 0 amide bonds. The molecule has 1 aromatic heterocycles. The lowest BCUT2D eigenvalue weighted by molar-refractivity contribution is 0.528. The minimum Gasteiger partial charge on any atom is -0.328 e. The summed E-state index contributed by atoms with van der Waals surface area (Å²) in [5.74, 6) is 0. The van der Waals surface area contributed by atoms with Crippen LogP contribution in [-0.4, -0.2) is 22.1 Å². The average Bonchev–Trinajstić information content (AvgIpc) is 3.06. The Bertz CT molecular complexity index is 565. The zero-order chi connectivity index (χ0) is 13.9. The van der Waals surface area contributed by atoms with Gasteiger partial charge in [-0.1, -0.05) is 18.9 Å². The number of benzene rings is 1. The second-order valence-electron chi connectivity index (χ2n) is 6.25. The van der Waals surface area contributed by atoms with Crippen LogP contribution in [0.5, 0.6) is 0 Å². The first-order valence-corrected chi connectivity index (χ1v) is 7.93. The summed E-state index contributed by atoms with van der Waals surface area (Å²) in [6.45, 7) is 5.47. The molecule has 3 heteroatoms. The fourth-order valence-electron chi connectivity index (χ4n) is 3.19. The molecule has 0 bridgehead atoms. The zero-order valence-corrected chi connectivity index (χ0v) is 12.6. The van der Waals surface area contributed by atoms with E-state index in [4.69, 9.17) is 0 Å². The smallest absolute Gasteiger partial charge is 0.0960 e. The summed E-state index contributed by atoms with van der Waals surface area (Å²) in [5.41, 5.74) is 3.75. The van der Waals surface area contributed by atoms with E-state index in [9.17, 15) is 0 Å². The molecule has 2 aromatic rings. The van der Waals surface area contributed by atoms with Crippen LogP contribution >= 0.6 is 0 Å². The Balaban J connectivity index is 1.63. The Kier molecular flexibility index (Phi) is 4.06. The molecule has 1 N–H and O–H groups in total. The van der Waals surface area contributed by atoms with E-state index in [1.165, 1.54) is 36.8 Å². The van der Waals surface area contributed by atoms with Crippen molar-refractivity contribution < 1.29 is 0 Å². The third-order valence-corrected chi connectivity index (χ3v) is 4.40. The van der Waals surface area contributed by atoms with Gasteiger partial charge < -0.3 is 9.88 Å². The molecule has 108 valence electrons. The Morgan fingerprint density at radius 1 is 1.30 bits per heavy atom. The molecule has 0 atom stereocenters. The molecule has 3 rings (SSSR count). The zero-order valence-electron chi connectivity index (χ0n) is 12.6. The molecular weight excluding hydrogens is 246 g/mol. The maximum absolute atomic E-state index is 4.53. The molecular formula is C17H25N3. The van der Waals surface area contributed by atoms with E-state index < -0.39 is 0 Å². The van der Waals surface area contributed by atoms with Gasteiger partial charge in [0.25, 0.3) is 0 Å². The lowest BCUT2D eigenvalue weighted by atomic mass is 10.1. The molecule has 0 radical (unpaired) electrons. The summed E-state index contributed by atoms with van der Waals surface area (Å²) in [6, 6.07) is 7.94. The van der Waals surface area contributed by atoms with Crippen molar-refractivity contribution in [3.8, 4) is 0 Å². The van der Waals surface area contributed by atoms with E-state index in [-0.39, 0.29) is 0 Å². The Labute approximate surface area is 121 Å². The van der Waals surface area contributed by atoms with Crippen LogP contribution in [0.25, 0.3) is 11.0 Å². The molecule has 1 aliphatic rings. The van der Waals surface area contributed by atoms with Crippen molar-refractivity contribution in [2.45, 2.75) is 58.0 Å². The maximum atomic E-state index is 4.53. The van der Waals surface area contributed by atoms with Gasteiger partial charge >= 0.3 is 0 Å². The largest absolute Gasteiger partial charge is 0.328 e. The molecule has 20 heavy (non-hydrogen) atoms. The SMILES string of the molecule is CC(C)n1cnc2cc(CCNC3CCCC3)ccc21. The van der Waals surface area contributed by atoms with Crippen molar-refractivity contribution in [1.29, 1.82) is 0 Å². The van der Waals surface area contributed by atoms with Gasteiger partial charge in [0, 0.05) is 12.1 Å². The van der Waals surface area contributed by atoms with Gasteiger partial charge in [-0.05, 0) is 57.4 Å². The number of aromatic nitrogens is 2. The average molecular weight is 271 g/mol. The number of fused-ring (bicyclic) bond motifs is 1. The number of nitrogens with one attached hydrogen (secondary N) is 1. The first kappa shape index (κ1) is 13.6. The standard InChI is InChI=1S/C17H25N3/c1-13(2)20-12-19-16-11-14(7-8-17(16)20)9-10-18-15-5-3-4-6-15/h7-8,11-13,15,18H,3-6,9-10H2,1-2H3. The highest BCUT2D eigenvalue weighted by Crippen LogP contribution is 2.20. The molecule has 1 heterocycles. The number of hydrogen-bond donors (Lipinski definition) is 1. The van der Waals surface area contributed by atoms with Crippen molar-refractivity contribution in [3.05, 3.63) is 30.1 Å². The molecule has 0 unspecified atom stereocenters. The van der Waals surface area contributed by atoms with E-state index in [1.54, 1.807) is 0 Å². The van der Waals surface area contributed by atoms with Gasteiger partial charge in [-0.15, -0.1) is 0 Å². The lowest BCUT2D eigenvalue weighted by Crippen LogP contribution is -2.27. The summed E-state index contributed by atoms with van der Waals surface area (Å²) in [7, 11) is 0. The molecule has 1 aromatic carbocycles. The highest BCUT2D eigenvalue weighted by atomic mass is 15.1. The molecule has 1 saturated carbocycles. The minimum absolute atomic E-state index is 0.467. The molecule has 1 fully saturated rings. The first-order chi connectivity index (χ1) is 9.74. The Hall–Kier alpha value is -1.35. The normalized spacial score (nSPS) is 16.6. The van der Waals surface area contributed by atoms with Crippen LogP contribution in [0.15, 0.2) is 24.5 Å². The third kappa shape index (κ3) is 2.88. The van der Waals surface area contributed by atoms with Gasteiger partial charge in [0.1, 0.15) is 0 Å². The molecule has 0 spiro atoms. The van der Waals surface area contributed by atoms with Gasteiger partial charge in [-0.25, -0.2) is 4.98 Å². The van der Waals surface area contributed by atoms with E-state index in [1.807, 2.05) is 6.33 Å². The highest BCUT2D eigenvalue weighted by molar-refractivity contribution is 5.76. The third-order valence-electron chi connectivity index (χ3n) is 4.40. The van der Waals surface area contributed by atoms with Gasteiger partial charge in [0.15, 0.2) is 0 Å². The summed E-state index contributed by atoms with van der Waals surface area (Å²) in [4.78, 5) is 4.53. The predicted octanol–water partition coefficient (Wildman–Crippen LogP) is 3.69. The van der Waals surface area contributed by atoms with E-state index >= 15 is 0 Å². The fraction of sp³-hybridized carbons (Fsp3) is 0.588. The quantitative estimate of drug-likeness (QED) is 0.898. The van der Waals surface area contributed by atoms with Crippen LogP contribution in [0.1, 0.15) is 51.1 Å². The van der Waals surface area contributed by atoms with Crippen LogP contribution in [0, 0.1) is 0 Å². The molecule has 0 aliphatic heterocycles. The first-order valence-electron chi connectivity index (χ1n) is 7.93. The monoisotopic (exact) mass is 271 g/mol. The summed E-state index contributed by atoms with van der Waals surface area (Å²) in [5, 5.41) is 3.68. The van der Waals surface area contributed by atoms with Crippen LogP contribution < -0.4 is 5.32 Å². The van der Waals surface area contributed by atoms with Gasteiger partial charge in [-0.3, -0.25) is 0 Å². The van der Waals surface area contributed by atoms with E-state index in [0.29, 0.717) is 6.04 Å². The maximum Gasteiger partial charge on any atom is 0.0960 e. The number of nitrogens with zero attached hydrogens (tertiary/aromatic N) is 2. The van der Waals surface area contributed by atoms with Gasteiger partial charge in [0.2, 0.25) is 0 Å². The topological polar surface area (TPSA) is 29.9 Å². The van der Waals surface area contributed by atoms with Crippen molar-refractivity contribution in [2.24, 2.45) is 0 Å². The van der Waals surface area contributed by atoms with Gasteiger partial charge in [0.05, 0.1) is 17.4 Å². The second kappa shape index (κ2) is 5.96. The predicted molar refractivity (Wildman–Crippen MR) is 84.1 cm³/mol. The highest BCUT2D eigenvalue weighted by Gasteiger charge is 2.13. The van der Waals surface area contributed by atoms with Crippen molar-refractivity contribution in [3.63, 3.8) is 0 Å². The van der Waals surface area contributed by atoms with Gasteiger partial charge in [-0.2, -0.15) is 0 Å². The van der Waals surface area contributed by atoms with E-state index in [2.05, 4.69) is 46.9 Å². The van der Waals surface area contributed by atoms with Crippen LogP contribution in [0.3, 0.4) is 0 Å². The second-order valence-corrected chi connectivity index (χ2v) is 6.25. The van der Waals surface area contributed by atoms with E-state index in [0.717, 1.165) is 24.5 Å². The van der Waals surface area contributed by atoms with Crippen LogP contribution in [0.4, 0.5) is 0 Å². The van der Waals surface area contributed by atoms with Crippen LogP contribution in [-0.2, 0) is 6.42 Å². The van der Waals surface area contributed by atoms with Crippen molar-refractivity contribution in [1.82, 2.24) is 14.9 Å². The van der Waals surface area contributed by atoms with Crippen LogP contribution in [0.2, 0.25) is 0 Å². The molecule has 1 aliphatic carbocycles. The Morgan fingerprint density at radius 3 is 2.85 bits per heavy atom. The molecule has 3 nitrogen and oxygen atoms in total. The number of imidazole rings is 1. The number of rotatable bonds is 5. The number of hydrogen-bond acceptors (Lipinski definition) is 2. The van der Waals surface area contributed by atoms with Crippen molar-refractivity contribution >= 4 is 11.0 Å². The fourth-order valence-corrected chi connectivity index (χ4v) is 3.19. The summed E-state index contributed by atoms with van der Waals surface area (Å²) >= 11 is 0. The lowest BCUT2D eigenvalue weighted by Gasteiger charge is -2.12. The minimum atomic E-state index is 0.467. The summed E-state index contributed by atoms with van der Waals surface area (Å²) in [6.07, 6.45) is 8.57. The summed E-state index contributed by atoms with van der Waals surface area (Å²) < 4.78 is 2.23. The van der Waals surface area contributed by atoms with Crippen molar-refractivity contribution in [2.75, 3.05) is 6.54 Å². The Morgan fingerprint density at radius 2 is 2.10 bits per heavy atom. The molecule has 0 saturated heterocycles.